The van der Waals surface area contributed by atoms with Crippen LogP contribution in [0.1, 0.15) is 15.9 Å². The molecular weight excluding hydrogens is 368 g/mol. The number of rotatable bonds is 5. The minimum atomic E-state index is -0.234. The highest BCUT2D eigenvalue weighted by Crippen LogP contribution is 2.33. The van der Waals surface area contributed by atoms with Gasteiger partial charge in [0.15, 0.2) is 17.3 Å². The number of anilines is 1. The van der Waals surface area contributed by atoms with Crippen LogP contribution in [0.15, 0.2) is 65.2 Å². The van der Waals surface area contributed by atoms with E-state index in [4.69, 9.17) is 14.0 Å². The third kappa shape index (κ3) is 3.52. The fraction of sp³-hybridized carbons (Fsp3) is 0.130. The molecule has 0 unspecified atom stereocenters. The maximum atomic E-state index is 12.9. The monoisotopic (exact) mass is 388 g/mol. The summed E-state index contributed by atoms with van der Waals surface area (Å²) in [6.07, 6.45) is 0. The molecule has 4 aromatic rings. The number of fused-ring (bicyclic) bond motifs is 1. The van der Waals surface area contributed by atoms with Crippen molar-refractivity contribution in [3.8, 4) is 22.8 Å². The molecule has 0 aliphatic rings. The minimum Gasteiger partial charge on any atom is -0.493 e. The number of hydrogen-bond donors (Lipinski definition) is 1. The molecule has 0 saturated heterocycles. The van der Waals surface area contributed by atoms with E-state index >= 15 is 0 Å². The van der Waals surface area contributed by atoms with Crippen molar-refractivity contribution in [1.82, 2.24) is 5.16 Å². The lowest BCUT2D eigenvalue weighted by atomic mass is 10.1. The molecule has 0 bridgehead atoms. The highest BCUT2D eigenvalue weighted by atomic mass is 16.5. The summed E-state index contributed by atoms with van der Waals surface area (Å²) in [5.74, 6) is 1.57. The summed E-state index contributed by atoms with van der Waals surface area (Å²) >= 11 is 0. The first-order chi connectivity index (χ1) is 14.1. The Kier molecular flexibility index (Phi) is 4.91. The number of amides is 1. The van der Waals surface area contributed by atoms with Gasteiger partial charge < -0.3 is 19.3 Å². The molecular formula is C23H20N2O4. The van der Waals surface area contributed by atoms with Crippen LogP contribution in [0, 0.1) is 6.92 Å². The number of hydrogen-bond acceptors (Lipinski definition) is 5. The van der Waals surface area contributed by atoms with Gasteiger partial charge in [0.05, 0.1) is 19.6 Å². The summed E-state index contributed by atoms with van der Waals surface area (Å²) in [5, 5.41) is 7.83. The minimum absolute atomic E-state index is 0.234. The number of nitrogens with one attached hydrogen (secondary N) is 1. The largest absolute Gasteiger partial charge is 0.493 e. The summed E-state index contributed by atoms with van der Waals surface area (Å²) < 4.78 is 16.2. The van der Waals surface area contributed by atoms with Gasteiger partial charge in [0.25, 0.3) is 5.91 Å². The van der Waals surface area contributed by atoms with Crippen molar-refractivity contribution < 1.29 is 18.8 Å². The number of aromatic nitrogens is 1. The normalized spacial score (nSPS) is 10.7. The Labute approximate surface area is 168 Å². The van der Waals surface area contributed by atoms with Crippen LogP contribution in [0.5, 0.6) is 11.5 Å². The Hall–Kier alpha value is -3.80. The summed E-state index contributed by atoms with van der Waals surface area (Å²) in [4.78, 5) is 12.9. The Morgan fingerprint density at radius 2 is 1.69 bits per heavy atom. The number of methoxy groups -OCH3 is 2. The number of aryl methyl sites for hydroxylation is 1. The molecule has 6 nitrogen and oxygen atoms in total. The molecule has 0 atom stereocenters. The Bertz CT molecular complexity index is 1180. The van der Waals surface area contributed by atoms with Crippen LogP contribution in [0.2, 0.25) is 0 Å². The van der Waals surface area contributed by atoms with Gasteiger partial charge in [-0.05, 0) is 36.8 Å². The Morgan fingerprint density at radius 3 is 2.41 bits per heavy atom. The average Bonchev–Trinajstić information content (AvgIpc) is 3.18. The zero-order chi connectivity index (χ0) is 20.4. The molecule has 0 saturated carbocycles. The molecule has 0 aliphatic heterocycles. The van der Waals surface area contributed by atoms with Crippen molar-refractivity contribution in [2.75, 3.05) is 19.5 Å². The first kappa shape index (κ1) is 18.6. The highest BCUT2D eigenvalue weighted by molar-refractivity contribution is 6.07. The lowest BCUT2D eigenvalue weighted by Crippen LogP contribution is -2.13. The molecule has 0 radical (unpaired) electrons. The van der Waals surface area contributed by atoms with E-state index < -0.39 is 0 Å². The second-order valence-electron chi connectivity index (χ2n) is 6.59. The molecule has 3 aromatic carbocycles. The van der Waals surface area contributed by atoms with E-state index in [-0.39, 0.29) is 5.91 Å². The van der Waals surface area contributed by atoms with Gasteiger partial charge in [0.1, 0.15) is 5.52 Å². The van der Waals surface area contributed by atoms with Gasteiger partial charge in [-0.2, -0.15) is 0 Å². The summed E-state index contributed by atoms with van der Waals surface area (Å²) in [7, 11) is 3.14. The van der Waals surface area contributed by atoms with E-state index in [0.29, 0.717) is 34.0 Å². The predicted molar refractivity (Wildman–Crippen MR) is 112 cm³/mol. The molecule has 0 fully saturated rings. The lowest BCUT2D eigenvalue weighted by Gasteiger charge is -2.13. The summed E-state index contributed by atoms with van der Waals surface area (Å²) in [6.45, 7) is 1.90. The molecule has 0 spiro atoms. The third-order valence-corrected chi connectivity index (χ3v) is 4.75. The van der Waals surface area contributed by atoms with Gasteiger partial charge >= 0.3 is 0 Å². The Morgan fingerprint density at radius 1 is 0.966 bits per heavy atom. The van der Waals surface area contributed by atoms with Crippen LogP contribution >= 0.6 is 0 Å². The van der Waals surface area contributed by atoms with Gasteiger partial charge in [0, 0.05) is 22.9 Å². The van der Waals surface area contributed by atoms with Crippen molar-refractivity contribution in [3.05, 3.63) is 71.8 Å². The number of ether oxygens (including phenoxy) is 2. The van der Waals surface area contributed by atoms with E-state index in [2.05, 4.69) is 10.5 Å². The van der Waals surface area contributed by atoms with Crippen molar-refractivity contribution in [3.63, 3.8) is 0 Å². The molecule has 0 aliphatic carbocycles. The molecule has 1 aromatic heterocycles. The van der Waals surface area contributed by atoms with E-state index in [9.17, 15) is 4.79 Å². The van der Waals surface area contributed by atoms with Crippen LogP contribution in [-0.4, -0.2) is 25.3 Å². The number of carbonyl (C=O) groups is 1. The van der Waals surface area contributed by atoms with Gasteiger partial charge in [-0.25, -0.2) is 0 Å². The summed E-state index contributed by atoms with van der Waals surface area (Å²) in [5.41, 5.74) is 3.63. The average molecular weight is 388 g/mol. The van der Waals surface area contributed by atoms with Crippen LogP contribution in [0.25, 0.3) is 22.2 Å². The molecule has 29 heavy (non-hydrogen) atoms. The number of nitrogens with zero attached hydrogens (tertiary/aromatic N) is 1. The smallest absolute Gasteiger partial charge is 0.255 e. The van der Waals surface area contributed by atoms with Crippen LogP contribution in [0.3, 0.4) is 0 Å². The van der Waals surface area contributed by atoms with Gasteiger partial charge in [-0.1, -0.05) is 35.5 Å². The molecule has 1 heterocycles. The van der Waals surface area contributed by atoms with Gasteiger partial charge in [-0.15, -0.1) is 0 Å². The van der Waals surface area contributed by atoms with E-state index in [1.807, 2.05) is 43.3 Å². The topological polar surface area (TPSA) is 73.6 Å². The predicted octanol–water partition coefficient (Wildman–Crippen LogP) is 5.07. The Balaban J connectivity index is 1.68. The van der Waals surface area contributed by atoms with Gasteiger partial charge in [0.2, 0.25) is 0 Å². The second kappa shape index (κ2) is 7.67. The first-order valence-electron chi connectivity index (χ1n) is 9.09. The van der Waals surface area contributed by atoms with Crippen LogP contribution < -0.4 is 14.8 Å². The van der Waals surface area contributed by atoms with Crippen molar-refractivity contribution in [1.29, 1.82) is 0 Å². The quantitative estimate of drug-likeness (QED) is 0.516. The zero-order valence-corrected chi connectivity index (χ0v) is 16.4. The molecule has 6 heteroatoms. The second-order valence-corrected chi connectivity index (χ2v) is 6.59. The third-order valence-electron chi connectivity index (χ3n) is 4.75. The summed E-state index contributed by atoms with van der Waals surface area (Å²) in [6, 6.07) is 18.6. The number of benzene rings is 3. The highest BCUT2D eigenvalue weighted by Gasteiger charge is 2.16. The maximum absolute atomic E-state index is 12.9. The molecule has 1 amide bonds. The van der Waals surface area contributed by atoms with E-state index in [1.165, 1.54) is 0 Å². The molecule has 146 valence electrons. The van der Waals surface area contributed by atoms with Crippen molar-refractivity contribution in [2.24, 2.45) is 0 Å². The van der Waals surface area contributed by atoms with Gasteiger partial charge in [-0.3, -0.25) is 4.79 Å². The SMILES string of the molecule is COc1cc(C)c(NC(=O)c2ccc3noc(-c4ccccc4)c3c2)cc1OC. The van der Waals surface area contributed by atoms with Crippen molar-refractivity contribution in [2.45, 2.75) is 6.92 Å². The number of carbonyl (C=O) groups excluding carboxylic acids is 1. The van der Waals surface area contributed by atoms with E-state index in [0.717, 1.165) is 16.5 Å². The maximum Gasteiger partial charge on any atom is 0.255 e. The fourth-order valence-electron chi connectivity index (χ4n) is 3.19. The molecule has 1 N–H and O–H groups in total. The zero-order valence-electron chi connectivity index (χ0n) is 16.4. The fourth-order valence-corrected chi connectivity index (χ4v) is 3.19. The lowest BCUT2D eigenvalue weighted by molar-refractivity contribution is 0.102. The van der Waals surface area contributed by atoms with Crippen molar-refractivity contribution >= 4 is 22.5 Å². The molecule has 4 rings (SSSR count). The first-order valence-corrected chi connectivity index (χ1v) is 9.09. The van der Waals surface area contributed by atoms with Crippen LogP contribution in [-0.2, 0) is 0 Å². The van der Waals surface area contributed by atoms with E-state index in [1.54, 1.807) is 38.5 Å². The standard InChI is InChI=1S/C23H20N2O4/c1-14-11-20(27-2)21(28-3)13-19(14)24-23(26)16-9-10-18-17(12-16)22(29-25-18)15-7-5-4-6-8-15/h4-13H,1-3H3,(H,24,26). The van der Waals surface area contributed by atoms with Crippen LogP contribution in [0.4, 0.5) is 5.69 Å².